The van der Waals surface area contributed by atoms with Gasteiger partial charge in [-0.15, -0.1) is 10.8 Å². The summed E-state index contributed by atoms with van der Waals surface area (Å²) in [7, 11) is 0. The van der Waals surface area contributed by atoms with E-state index in [9.17, 15) is 19.2 Å². The van der Waals surface area contributed by atoms with Gasteiger partial charge in [-0.05, 0) is 12.8 Å². The van der Waals surface area contributed by atoms with E-state index in [1.165, 1.54) is 0 Å². The molecule has 0 aromatic heterocycles. The van der Waals surface area contributed by atoms with Gasteiger partial charge < -0.3 is 23.4 Å². The number of rotatable bonds is 10. The fraction of sp³-hybridized carbons (Fsp3) is 0.750. The molecule has 0 fully saturated rings. The van der Waals surface area contributed by atoms with Crippen molar-refractivity contribution in [3.05, 3.63) is 13.8 Å². The Morgan fingerprint density at radius 1 is 0.552 bits per heavy atom. The number of hydrogen-bond acceptors (Lipinski definition) is 4. The van der Waals surface area contributed by atoms with Crippen LogP contribution in [0.1, 0.15) is 94.9 Å². The molecular formula is C24H42BaO4. The van der Waals surface area contributed by atoms with Gasteiger partial charge in [0.05, 0.1) is 12.8 Å². The molecule has 0 N–H and O–H groups in total. The predicted molar refractivity (Wildman–Crippen MR) is 121 cm³/mol. The van der Waals surface area contributed by atoms with Crippen molar-refractivity contribution in [2.45, 2.75) is 94.9 Å². The summed E-state index contributed by atoms with van der Waals surface area (Å²) in [6, 6.07) is 0. The van der Waals surface area contributed by atoms with E-state index in [1.807, 2.05) is 41.5 Å². The maximum Gasteiger partial charge on any atom is 2.00 e. The SMILES string of the molecule is [Ba+2].[CH2-]C(C)(C)C(=O)CC(=O)C(C)(C)CC.[CH2-]C(C)(C)C(=O)CC(=O)C(C)(C)CC. The van der Waals surface area contributed by atoms with Crippen LogP contribution in [0.15, 0.2) is 0 Å². The van der Waals surface area contributed by atoms with Crippen molar-refractivity contribution in [1.82, 2.24) is 0 Å². The van der Waals surface area contributed by atoms with E-state index in [2.05, 4.69) is 13.8 Å². The largest absolute Gasteiger partial charge is 2.00 e. The van der Waals surface area contributed by atoms with Crippen molar-refractivity contribution in [2.75, 3.05) is 0 Å². The molecule has 164 valence electrons. The van der Waals surface area contributed by atoms with Gasteiger partial charge in [0.2, 0.25) is 0 Å². The summed E-state index contributed by atoms with van der Waals surface area (Å²) in [5.41, 5.74) is -2.08. The monoisotopic (exact) mass is 532 g/mol. The fourth-order valence-corrected chi connectivity index (χ4v) is 1.64. The van der Waals surface area contributed by atoms with E-state index < -0.39 is 10.8 Å². The Balaban J connectivity index is -0.000000451. The number of Topliss-reactive ketones (excluding diaryl/α,β-unsaturated/α-hetero) is 4. The third-order valence-electron chi connectivity index (χ3n) is 5.43. The molecule has 5 heteroatoms. The van der Waals surface area contributed by atoms with Gasteiger partial charge in [-0.3, -0.25) is 9.59 Å². The number of carbonyl (C=O) groups excluding carboxylic acids is 4. The summed E-state index contributed by atoms with van der Waals surface area (Å²) >= 11 is 0. The summed E-state index contributed by atoms with van der Waals surface area (Å²) in [5.74, 6) is -0.128. The maximum atomic E-state index is 11.7. The summed E-state index contributed by atoms with van der Waals surface area (Å²) in [6.45, 7) is 25.8. The molecule has 0 aliphatic heterocycles. The van der Waals surface area contributed by atoms with E-state index in [0.29, 0.717) is 0 Å². The minimum absolute atomic E-state index is 0. The van der Waals surface area contributed by atoms with Crippen LogP contribution in [-0.2, 0) is 19.2 Å². The Morgan fingerprint density at radius 2 is 0.759 bits per heavy atom. The number of hydrogen-bond donors (Lipinski definition) is 0. The first-order valence-corrected chi connectivity index (χ1v) is 10.1. The molecule has 0 heterocycles. The molecule has 0 atom stereocenters. The van der Waals surface area contributed by atoms with Crippen LogP contribution in [0.5, 0.6) is 0 Å². The Labute approximate surface area is 219 Å². The van der Waals surface area contributed by atoms with Gasteiger partial charge in [-0.1, -0.05) is 69.2 Å². The second kappa shape index (κ2) is 12.9. The molecule has 0 aliphatic rings. The van der Waals surface area contributed by atoms with Crippen LogP contribution >= 0.6 is 0 Å². The van der Waals surface area contributed by atoms with E-state index in [-0.39, 0.29) is 95.7 Å². The van der Waals surface area contributed by atoms with Crippen LogP contribution in [-0.4, -0.2) is 72.0 Å². The van der Waals surface area contributed by atoms with Gasteiger partial charge in [0.15, 0.2) is 0 Å². The normalized spacial score (nSPS) is 12.3. The number of carbonyl (C=O) groups is 4. The summed E-state index contributed by atoms with van der Waals surface area (Å²) in [5, 5.41) is 0. The number of ketones is 4. The van der Waals surface area contributed by atoms with Crippen molar-refractivity contribution in [1.29, 1.82) is 0 Å². The van der Waals surface area contributed by atoms with Gasteiger partial charge in [-0.2, -0.15) is 0 Å². The van der Waals surface area contributed by atoms with E-state index in [0.717, 1.165) is 12.8 Å². The zero-order chi connectivity index (χ0) is 23.1. The zero-order valence-corrected chi connectivity index (χ0v) is 25.0. The van der Waals surface area contributed by atoms with Gasteiger partial charge in [0.25, 0.3) is 0 Å². The van der Waals surface area contributed by atoms with Crippen LogP contribution in [0.3, 0.4) is 0 Å². The Kier molecular flexibility index (Phi) is 15.1. The molecule has 29 heavy (non-hydrogen) atoms. The molecule has 4 nitrogen and oxygen atoms in total. The summed E-state index contributed by atoms with van der Waals surface area (Å²) in [4.78, 5) is 46.5. The fourth-order valence-electron chi connectivity index (χ4n) is 1.64. The van der Waals surface area contributed by atoms with Gasteiger partial charge >= 0.3 is 48.9 Å². The molecule has 0 spiro atoms. The van der Waals surface area contributed by atoms with E-state index in [4.69, 9.17) is 0 Å². The van der Waals surface area contributed by atoms with Crippen molar-refractivity contribution < 1.29 is 19.2 Å². The molecule has 0 bridgehead atoms. The van der Waals surface area contributed by atoms with Crippen LogP contribution in [0.4, 0.5) is 0 Å². The quantitative estimate of drug-likeness (QED) is 0.220. The molecule has 0 saturated carbocycles. The standard InChI is InChI=1S/2C12H21O2.Ba/c2*1-7-12(5,6)10(14)8-9(13)11(2,3)4;/h2*2,7-8H2,1,3-6H3;/q2*-1;+2. The molecule has 0 rings (SSSR count). The first-order valence-electron chi connectivity index (χ1n) is 10.1. The smallest absolute Gasteiger partial charge is 0.331 e. The first-order chi connectivity index (χ1) is 12.2. The third-order valence-corrected chi connectivity index (χ3v) is 5.43. The minimum Gasteiger partial charge on any atom is -0.331 e. The van der Waals surface area contributed by atoms with Crippen molar-refractivity contribution in [2.24, 2.45) is 21.7 Å². The maximum absolute atomic E-state index is 11.7. The van der Waals surface area contributed by atoms with Crippen molar-refractivity contribution in [3.63, 3.8) is 0 Å². The Hall–Kier alpha value is 0.251. The second-order valence-corrected chi connectivity index (χ2v) is 10.3. The average Bonchev–Trinajstić information content (AvgIpc) is 2.53. The Morgan fingerprint density at radius 3 is 0.897 bits per heavy atom. The van der Waals surface area contributed by atoms with Crippen LogP contribution in [0.25, 0.3) is 0 Å². The average molecular weight is 532 g/mol. The molecular weight excluding hydrogens is 490 g/mol. The van der Waals surface area contributed by atoms with Crippen LogP contribution in [0.2, 0.25) is 0 Å². The molecule has 0 radical (unpaired) electrons. The molecule has 0 aromatic rings. The minimum atomic E-state index is -0.653. The van der Waals surface area contributed by atoms with Crippen molar-refractivity contribution in [3.8, 4) is 0 Å². The van der Waals surface area contributed by atoms with Gasteiger partial charge in [0, 0.05) is 10.8 Å². The molecule has 0 aliphatic carbocycles. The second-order valence-electron chi connectivity index (χ2n) is 10.3. The topological polar surface area (TPSA) is 68.3 Å². The van der Waals surface area contributed by atoms with E-state index in [1.54, 1.807) is 27.7 Å². The van der Waals surface area contributed by atoms with Crippen LogP contribution < -0.4 is 0 Å². The predicted octanol–water partition coefficient (Wildman–Crippen LogP) is 5.24. The summed E-state index contributed by atoms with van der Waals surface area (Å²) < 4.78 is 0. The Bertz CT molecular complexity index is 521. The van der Waals surface area contributed by atoms with Gasteiger partial charge in [-0.25, -0.2) is 0 Å². The van der Waals surface area contributed by atoms with E-state index >= 15 is 0 Å². The van der Waals surface area contributed by atoms with Crippen molar-refractivity contribution >= 4 is 72.0 Å². The third kappa shape index (κ3) is 13.3. The molecule has 0 saturated heterocycles. The molecule has 0 amide bonds. The summed E-state index contributed by atoms with van der Waals surface area (Å²) in [6.07, 6.45) is 1.54. The van der Waals surface area contributed by atoms with Crippen LogP contribution in [0, 0.1) is 35.5 Å². The zero-order valence-electron chi connectivity index (χ0n) is 20.6. The molecule has 0 aromatic carbocycles. The van der Waals surface area contributed by atoms with Gasteiger partial charge in [0.1, 0.15) is 23.1 Å². The first kappa shape index (κ1) is 33.9. The molecule has 0 unspecified atom stereocenters.